The normalized spacial score (nSPS) is 25.2. The van der Waals surface area contributed by atoms with E-state index in [2.05, 4.69) is 17.8 Å². The van der Waals surface area contributed by atoms with Crippen LogP contribution in [0.25, 0.3) is 0 Å². The number of aliphatic hydroxyl groups is 2. The molecule has 5 rings (SSSR count). The van der Waals surface area contributed by atoms with Crippen molar-refractivity contribution < 1.29 is 43.6 Å². The molecule has 11 nitrogen and oxygen atoms in total. The van der Waals surface area contributed by atoms with Crippen molar-refractivity contribution in [3.05, 3.63) is 77.9 Å². The molecule has 11 heteroatoms. The van der Waals surface area contributed by atoms with Crippen LogP contribution in [0.15, 0.2) is 71.9 Å². The first-order valence-corrected chi connectivity index (χ1v) is 18.7. The van der Waals surface area contributed by atoms with Crippen LogP contribution in [0, 0.1) is 17.8 Å². The Labute approximate surface area is 307 Å². The van der Waals surface area contributed by atoms with Crippen molar-refractivity contribution in [1.29, 1.82) is 0 Å². The van der Waals surface area contributed by atoms with Gasteiger partial charge in [0.05, 0.1) is 24.8 Å². The molecule has 1 saturated carbocycles. The molecule has 0 saturated heterocycles. The maximum Gasteiger partial charge on any atom is 0.410 e. The Morgan fingerprint density at radius 2 is 1.85 bits per heavy atom. The fourth-order valence-electron chi connectivity index (χ4n) is 8.43. The van der Waals surface area contributed by atoms with Gasteiger partial charge in [0.2, 0.25) is 5.79 Å². The Morgan fingerprint density at radius 3 is 2.54 bits per heavy atom. The fraction of sp³-hybridized carbons (Fsp3) is 0.537. The summed E-state index contributed by atoms with van der Waals surface area (Å²) < 4.78 is 26.1. The summed E-state index contributed by atoms with van der Waals surface area (Å²) >= 11 is 0. The molecular formula is C41H54N2O9. The second-order valence-electron chi connectivity index (χ2n) is 13.6. The van der Waals surface area contributed by atoms with Crippen molar-refractivity contribution in [2.45, 2.75) is 83.0 Å². The molecule has 1 aliphatic heterocycles. The van der Waals surface area contributed by atoms with Gasteiger partial charge in [0, 0.05) is 43.2 Å². The Kier molecular flexibility index (Phi) is 13.9. The molecule has 1 amide bonds. The number of aldehydes is 1. The largest absolute Gasteiger partial charge is 0.459 e. The van der Waals surface area contributed by atoms with Crippen molar-refractivity contribution in [3.8, 4) is 17.2 Å². The van der Waals surface area contributed by atoms with E-state index in [0.717, 1.165) is 48.8 Å². The minimum absolute atomic E-state index is 0.0757. The van der Waals surface area contributed by atoms with Gasteiger partial charge in [-0.3, -0.25) is 9.69 Å². The molecule has 2 N–H and O–H groups in total. The van der Waals surface area contributed by atoms with Crippen LogP contribution < -0.4 is 9.47 Å². The minimum atomic E-state index is -1.35. The topological polar surface area (TPSA) is 136 Å². The predicted octanol–water partition coefficient (Wildman–Crippen LogP) is 7.42. The van der Waals surface area contributed by atoms with E-state index >= 15 is 0 Å². The van der Waals surface area contributed by atoms with Gasteiger partial charge in [-0.25, -0.2) is 4.79 Å². The number of aliphatic hydroxyl groups excluding tert-OH is 2. The van der Waals surface area contributed by atoms with Crippen molar-refractivity contribution in [2.75, 3.05) is 40.1 Å². The van der Waals surface area contributed by atoms with Crippen LogP contribution in [0.2, 0.25) is 0 Å². The Morgan fingerprint density at radius 1 is 1.08 bits per heavy atom. The second-order valence-corrected chi connectivity index (χ2v) is 13.6. The Hall–Kier alpha value is -4.19. The number of amides is 1. The second kappa shape index (κ2) is 18.5. The molecule has 2 aliphatic carbocycles. The van der Waals surface area contributed by atoms with Gasteiger partial charge in [-0.1, -0.05) is 49.2 Å². The van der Waals surface area contributed by atoms with Crippen LogP contribution >= 0.6 is 0 Å². The van der Waals surface area contributed by atoms with Crippen molar-refractivity contribution in [1.82, 2.24) is 4.90 Å². The predicted molar refractivity (Wildman–Crippen MR) is 198 cm³/mol. The average molecular weight is 719 g/mol. The molecule has 52 heavy (non-hydrogen) atoms. The number of hydrogen-bond donors (Lipinski definition) is 2. The molecule has 0 bridgehead atoms. The lowest BCUT2D eigenvalue weighted by Gasteiger charge is -2.59. The van der Waals surface area contributed by atoms with E-state index in [1.54, 1.807) is 36.1 Å². The highest BCUT2D eigenvalue weighted by molar-refractivity contribution is 6.03. The number of carbonyl (C=O) groups excluding carboxylic acids is 2. The molecule has 3 aliphatic rings. The summed E-state index contributed by atoms with van der Waals surface area (Å²) in [7, 11) is 1.53. The van der Waals surface area contributed by atoms with Crippen molar-refractivity contribution in [2.24, 2.45) is 22.9 Å². The summed E-state index contributed by atoms with van der Waals surface area (Å²) in [6, 6.07) is 12.1. The number of allylic oxidation sites excluding steroid dienone is 1. The first-order chi connectivity index (χ1) is 25.4. The highest BCUT2D eigenvalue weighted by atomic mass is 16.7. The molecule has 0 radical (unpaired) electrons. The molecule has 0 aromatic heterocycles. The fourth-order valence-corrected chi connectivity index (χ4v) is 8.43. The van der Waals surface area contributed by atoms with Crippen molar-refractivity contribution in [3.63, 3.8) is 0 Å². The summed E-state index contributed by atoms with van der Waals surface area (Å²) in [4.78, 5) is 32.5. The maximum absolute atomic E-state index is 13.8. The Balaban J connectivity index is 1.76. The minimum Gasteiger partial charge on any atom is -0.459 e. The van der Waals surface area contributed by atoms with Crippen LogP contribution in [-0.2, 0) is 14.3 Å². The van der Waals surface area contributed by atoms with Gasteiger partial charge in [0.1, 0.15) is 36.7 Å². The number of hydrogen-bond acceptors (Lipinski definition) is 10. The molecule has 1 fully saturated rings. The van der Waals surface area contributed by atoms with E-state index in [0.29, 0.717) is 55.0 Å². The number of unbranched alkanes of at least 4 members (excludes halogenated alkanes) is 2. The number of nitrogens with zero attached hydrogens (tertiary/aromatic N) is 2. The molecule has 0 unspecified atom stereocenters. The third-order valence-electron chi connectivity index (χ3n) is 10.4. The van der Waals surface area contributed by atoms with E-state index in [1.165, 1.54) is 7.11 Å². The summed E-state index contributed by atoms with van der Waals surface area (Å²) in [6.45, 7) is 8.78. The lowest BCUT2D eigenvalue weighted by atomic mass is 9.55. The van der Waals surface area contributed by atoms with E-state index in [9.17, 15) is 19.8 Å². The monoisotopic (exact) mass is 718 g/mol. The number of carbonyl (C=O) groups is 2. The number of fused-ring (bicyclic) bond motifs is 2. The SMILES string of the molecule is C=CCO[C@@]12Oc3ccc(Oc4cccc(C=O)c4)cc3[C@H]3[C@H](CCCCO)[C@@H](CCCCO)C=C(C(=NOC)C[C@@H]1N(CCC)C(=O)OCC)[C@H]32. The van der Waals surface area contributed by atoms with Crippen LogP contribution in [0.1, 0.15) is 87.1 Å². The maximum atomic E-state index is 13.8. The van der Waals surface area contributed by atoms with E-state index in [-0.39, 0.29) is 44.2 Å². The molecule has 2 aromatic rings. The van der Waals surface area contributed by atoms with E-state index < -0.39 is 23.8 Å². The zero-order valence-electron chi connectivity index (χ0n) is 30.7. The lowest BCUT2D eigenvalue weighted by molar-refractivity contribution is -0.255. The van der Waals surface area contributed by atoms with Gasteiger partial charge in [0.15, 0.2) is 0 Å². The number of ether oxygens (including phenoxy) is 4. The standard InChI is InChI=1S/C41H54N2O9/c1-5-19-43(40(47)49-7-3)37-26-35(42-48-4)33-24-29(14-8-10-20-44)32(16-9-11-21-45)38-34-25-31(51-30-15-12-13-28(23-30)27-46)17-18-36(34)52-41(37,39(33)38)50-22-6-2/h6,12-13,15,17-18,23-25,27,29,32,37-39,44-45H,2,5,7-11,14,16,19-22,26H2,1,3-4H3/t29-,32+,37-,38+,39+,41+/m0/s1. The Bertz CT molecular complexity index is 1590. The summed E-state index contributed by atoms with van der Waals surface area (Å²) in [5.74, 6) is -0.0373. The average Bonchev–Trinajstić information content (AvgIpc) is 3.15. The zero-order chi connectivity index (χ0) is 37.1. The van der Waals surface area contributed by atoms with Gasteiger partial charge >= 0.3 is 6.09 Å². The lowest BCUT2D eigenvalue weighted by Crippen LogP contribution is -2.70. The summed E-state index contributed by atoms with van der Waals surface area (Å²) in [6.07, 6.45) is 9.98. The zero-order valence-corrected chi connectivity index (χ0v) is 30.7. The van der Waals surface area contributed by atoms with Gasteiger partial charge in [-0.2, -0.15) is 0 Å². The first kappa shape index (κ1) is 39.0. The molecule has 0 spiro atoms. The molecular weight excluding hydrogens is 664 g/mol. The number of benzene rings is 2. The molecule has 6 atom stereocenters. The van der Waals surface area contributed by atoms with Gasteiger partial charge in [-0.15, -0.1) is 6.58 Å². The van der Waals surface area contributed by atoms with Gasteiger partial charge in [-0.05, 0) is 86.8 Å². The molecule has 1 heterocycles. The first-order valence-electron chi connectivity index (χ1n) is 18.7. The van der Waals surface area contributed by atoms with E-state index in [4.69, 9.17) is 23.8 Å². The van der Waals surface area contributed by atoms with Crippen molar-refractivity contribution >= 4 is 18.1 Å². The van der Waals surface area contributed by atoms with E-state index in [1.807, 2.05) is 31.2 Å². The quantitative estimate of drug-likeness (QED) is 0.0658. The third-order valence-corrected chi connectivity index (χ3v) is 10.4. The van der Waals surface area contributed by atoms with Gasteiger partial charge < -0.3 is 34.0 Å². The third kappa shape index (κ3) is 8.22. The molecule has 2 aromatic carbocycles. The van der Waals surface area contributed by atoms with Crippen LogP contribution in [0.5, 0.6) is 17.2 Å². The smallest absolute Gasteiger partial charge is 0.410 e. The molecule has 282 valence electrons. The number of rotatable bonds is 19. The van der Waals surface area contributed by atoms with Crippen LogP contribution in [0.3, 0.4) is 0 Å². The summed E-state index contributed by atoms with van der Waals surface area (Å²) in [5.41, 5.74) is 3.12. The van der Waals surface area contributed by atoms with Crippen LogP contribution in [-0.4, -0.2) is 85.1 Å². The van der Waals surface area contributed by atoms with Gasteiger partial charge in [0.25, 0.3) is 0 Å². The summed E-state index contributed by atoms with van der Waals surface area (Å²) in [5, 5.41) is 24.2. The van der Waals surface area contributed by atoms with Crippen LogP contribution in [0.4, 0.5) is 4.79 Å². The highest BCUT2D eigenvalue weighted by Crippen LogP contribution is 2.62. The number of oxime groups is 1. The highest BCUT2D eigenvalue weighted by Gasteiger charge is 2.65.